The highest BCUT2D eigenvalue weighted by molar-refractivity contribution is 4.93. The molecule has 3 nitrogen and oxygen atoms in total. The highest BCUT2D eigenvalue weighted by Gasteiger charge is 2.35. The average molecular weight is 310 g/mol. The maximum Gasteiger partial charge on any atom is 0.411 e. The lowest BCUT2D eigenvalue weighted by Gasteiger charge is -2.43. The van der Waals surface area contributed by atoms with Gasteiger partial charge in [-0.05, 0) is 25.8 Å². The fraction of sp³-hybridized carbons (Fsp3) is 1.00. The minimum Gasteiger partial charge on any atom is -0.371 e. The summed E-state index contributed by atoms with van der Waals surface area (Å²) in [4.78, 5) is 2.27. The summed E-state index contributed by atoms with van der Waals surface area (Å²) in [6.45, 7) is 3.01. The van der Waals surface area contributed by atoms with E-state index < -0.39 is 12.8 Å². The first-order valence-electron chi connectivity index (χ1n) is 8.03. The molecule has 0 radical (unpaired) electrons. The molecule has 21 heavy (non-hydrogen) atoms. The average Bonchev–Trinajstić information content (AvgIpc) is 2.67. The minimum atomic E-state index is -4.25. The summed E-state index contributed by atoms with van der Waals surface area (Å²) in [6, 6.07) is 0. The Morgan fingerprint density at radius 2 is 1.71 bits per heavy atom. The van der Waals surface area contributed by atoms with Crippen molar-refractivity contribution in [3.63, 3.8) is 0 Å². The van der Waals surface area contributed by atoms with Crippen molar-refractivity contribution in [2.45, 2.75) is 63.6 Å². The zero-order chi connectivity index (χ0) is 15.8. The molecule has 2 N–H and O–H groups in total. The van der Waals surface area contributed by atoms with Crippen LogP contribution in [0.3, 0.4) is 0 Å². The van der Waals surface area contributed by atoms with Crippen molar-refractivity contribution in [1.82, 2.24) is 4.90 Å². The van der Waals surface area contributed by atoms with Gasteiger partial charge >= 0.3 is 6.18 Å². The first-order chi connectivity index (χ1) is 9.93. The monoisotopic (exact) mass is 310 g/mol. The van der Waals surface area contributed by atoms with E-state index in [1.54, 1.807) is 0 Å². The fourth-order valence-electron chi connectivity index (χ4n) is 3.25. The Morgan fingerprint density at radius 1 is 1.10 bits per heavy atom. The molecule has 1 rings (SSSR count). The van der Waals surface area contributed by atoms with E-state index in [2.05, 4.69) is 11.8 Å². The van der Waals surface area contributed by atoms with Crippen LogP contribution in [0.15, 0.2) is 0 Å². The summed E-state index contributed by atoms with van der Waals surface area (Å²) in [5.41, 5.74) is 6.00. The van der Waals surface area contributed by atoms with Crippen LogP contribution in [0.25, 0.3) is 0 Å². The molecule has 0 spiro atoms. The van der Waals surface area contributed by atoms with E-state index in [-0.39, 0.29) is 12.1 Å². The highest BCUT2D eigenvalue weighted by atomic mass is 19.4. The number of ether oxygens (including phenoxy) is 1. The molecule has 1 saturated carbocycles. The van der Waals surface area contributed by atoms with Gasteiger partial charge in [-0.25, -0.2) is 0 Å². The Morgan fingerprint density at radius 3 is 2.19 bits per heavy atom. The molecule has 0 aromatic rings. The lowest BCUT2D eigenvalue weighted by atomic mass is 9.88. The molecule has 0 unspecified atom stereocenters. The summed E-state index contributed by atoms with van der Waals surface area (Å²) < 4.78 is 41.1. The fourth-order valence-corrected chi connectivity index (χ4v) is 3.25. The standard InChI is InChI=1S/C15H29F3N2O/c1-2-9-20(10-11-21-13-15(16,17)18)14(12-19)7-5-3-4-6-8-14/h2-13,19H2,1H3. The molecule has 0 aromatic carbocycles. The third kappa shape index (κ3) is 6.53. The Balaban J connectivity index is 2.56. The maximum absolute atomic E-state index is 12.1. The predicted molar refractivity (Wildman–Crippen MR) is 78.2 cm³/mol. The molecule has 0 bridgehead atoms. The van der Waals surface area contributed by atoms with Crippen molar-refractivity contribution in [2.24, 2.45) is 5.73 Å². The number of alkyl halides is 3. The molecule has 1 aliphatic carbocycles. The van der Waals surface area contributed by atoms with Crippen molar-refractivity contribution in [3.05, 3.63) is 0 Å². The summed E-state index contributed by atoms with van der Waals surface area (Å²) in [7, 11) is 0. The zero-order valence-electron chi connectivity index (χ0n) is 13.1. The third-order valence-electron chi connectivity index (χ3n) is 4.35. The van der Waals surface area contributed by atoms with E-state index in [1.807, 2.05) is 0 Å². The van der Waals surface area contributed by atoms with E-state index >= 15 is 0 Å². The van der Waals surface area contributed by atoms with Gasteiger partial charge in [-0.1, -0.05) is 32.6 Å². The largest absolute Gasteiger partial charge is 0.411 e. The van der Waals surface area contributed by atoms with Crippen LogP contribution in [0.2, 0.25) is 0 Å². The SMILES string of the molecule is CCCN(CCOCC(F)(F)F)C1(CN)CCCCCC1. The second-order valence-corrected chi connectivity index (χ2v) is 6.00. The second-order valence-electron chi connectivity index (χ2n) is 6.00. The zero-order valence-corrected chi connectivity index (χ0v) is 13.1. The molecule has 6 heteroatoms. The van der Waals surface area contributed by atoms with Gasteiger partial charge in [0.2, 0.25) is 0 Å². The predicted octanol–water partition coefficient (Wildman–Crippen LogP) is 3.33. The van der Waals surface area contributed by atoms with Gasteiger partial charge in [0.15, 0.2) is 0 Å². The van der Waals surface area contributed by atoms with Crippen LogP contribution >= 0.6 is 0 Å². The van der Waals surface area contributed by atoms with Gasteiger partial charge in [-0.2, -0.15) is 13.2 Å². The molecule has 0 aromatic heterocycles. The van der Waals surface area contributed by atoms with Crippen LogP contribution in [0.5, 0.6) is 0 Å². The lowest BCUT2D eigenvalue weighted by molar-refractivity contribution is -0.175. The molecule has 0 amide bonds. The van der Waals surface area contributed by atoms with E-state index in [0.29, 0.717) is 13.1 Å². The second kappa shape index (κ2) is 8.96. The molecule has 0 heterocycles. The first-order valence-corrected chi connectivity index (χ1v) is 8.03. The van der Waals surface area contributed by atoms with Gasteiger partial charge in [-0.3, -0.25) is 4.90 Å². The molecule has 1 aliphatic rings. The van der Waals surface area contributed by atoms with E-state index in [1.165, 1.54) is 12.8 Å². The number of halogens is 3. The van der Waals surface area contributed by atoms with E-state index in [0.717, 1.165) is 38.6 Å². The molecule has 126 valence electrons. The quantitative estimate of drug-likeness (QED) is 0.552. The normalized spacial score (nSPS) is 19.7. The van der Waals surface area contributed by atoms with Crippen molar-refractivity contribution in [2.75, 3.05) is 32.8 Å². The third-order valence-corrected chi connectivity index (χ3v) is 4.35. The van der Waals surface area contributed by atoms with E-state index in [9.17, 15) is 13.2 Å². The molecule has 1 fully saturated rings. The first kappa shape index (κ1) is 18.7. The number of hydrogen-bond acceptors (Lipinski definition) is 3. The molecule has 0 atom stereocenters. The minimum absolute atomic E-state index is 0.0475. The van der Waals surface area contributed by atoms with Gasteiger partial charge in [0.25, 0.3) is 0 Å². The van der Waals surface area contributed by atoms with Crippen LogP contribution in [-0.4, -0.2) is 49.5 Å². The summed E-state index contributed by atoms with van der Waals surface area (Å²) in [5.74, 6) is 0. The number of hydrogen-bond donors (Lipinski definition) is 1. The van der Waals surface area contributed by atoms with Crippen molar-refractivity contribution in [3.8, 4) is 0 Å². The van der Waals surface area contributed by atoms with Crippen molar-refractivity contribution in [1.29, 1.82) is 0 Å². The molecule has 0 saturated heterocycles. The lowest BCUT2D eigenvalue weighted by Crippen LogP contribution is -2.55. The van der Waals surface area contributed by atoms with Crippen molar-refractivity contribution >= 4 is 0 Å². The molecule has 0 aliphatic heterocycles. The summed E-state index contributed by atoms with van der Waals surface area (Å²) >= 11 is 0. The van der Waals surface area contributed by atoms with Gasteiger partial charge in [0.05, 0.1) is 6.61 Å². The Hall–Kier alpha value is -0.330. The van der Waals surface area contributed by atoms with Gasteiger partial charge in [-0.15, -0.1) is 0 Å². The van der Waals surface area contributed by atoms with E-state index in [4.69, 9.17) is 10.5 Å². The maximum atomic E-state index is 12.1. The highest BCUT2D eigenvalue weighted by Crippen LogP contribution is 2.32. The Labute approximate surface area is 126 Å². The van der Waals surface area contributed by atoms with Crippen LogP contribution in [-0.2, 0) is 4.74 Å². The van der Waals surface area contributed by atoms with Gasteiger partial charge in [0, 0.05) is 18.6 Å². The van der Waals surface area contributed by atoms with Gasteiger partial charge in [0.1, 0.15) is 6.61 Å². The van der Waals surface area contributed by atoms with Crippen LogP contribution in [0, 0.1) is 0 Å². The summed E-state index contributed by atoms with van der Waals surface area (Å²) in [5, 5.41) is 0. The van der Waals surface area contributed by atoms with Gasteiger partial charge < -0.3 is 10.5 Å². The molecular weight excluding hydrogens is 281 g/mol. The van der Waals surface area contributed by atoms with Crippen molar-refractivity contribution < 1.29 is 17.9 Å². The van der Waals surface area contributed by atoms with Crippen LogP contribution in [0.1, 0.15) is 51.9 Å². The summed E-state index contributed by atoms with van der Waals surface area (Å²) in [6.07, 6.45) is 3.58. The topological polar surface area (TPSA) is 38.5 Å². The number of nitrogens with zero attached hydrogens (tertiary/aromatic N) is 1. The van der Waals surface area contributed by atoms with Crippen LogP contribution < -0.4 is 5.73 Å². The van der Waals surface area contributed by atoms with Crippen LogP contribution in [0.4, 0.5) is 13.2 Å². The Kier molecular flexibility index (Phi) is 7.98. The smallest absolute Gasteiger partial charge is 0.371 e. The number of nitrogens with two attached hydrogens (primary N) is 1. The Bertz CT molecular complexity index is 277. The number of rotatable bonds is 8. The molecular formula is C15H29F3N2O.